The standard InChI is InChI=1S/C13H16Br2O/c1-2-16-9-7-11-10(13(15)8-9)5-3-4-6-12(11)14/h7-8,12H,2-6H2,1H3. The van der Waals surface area contributed by atoms with Crippen molar-refractivity contribution in [3.8, 4) is 5.75 Å². The molecular formula is C13H16Br2O. The highest BCUT2D eigenvalue weighted by atomic mass is 79.9. The molecule has 1 aromatic rings. The highest BCUT2D eigenvalue weighted by molar-refractivity contribution is 9.10. The number of alkyl halides is 1. The Morgan fingerprint density at radius 1 is 1.38 bits per heavy atom. The van der Waals surface area contributed by atoms with E-state index in [0.717, 1.165) is 12.4 Å². The van der Waals surface area contributed by atoms with Crippen LogP contribution in [0.15, 0.2) is 16.6 Å². The summed E-state index contributed by atoms with van der Waals surface area (Å²) in [7, 11) is 0. The van der Waals surface area contributed by atoms with E-state index in [0.29, 0.717) is 4.83 Å². The summed E-state index contributed by atoms with van der Waals surface area (Å²) in [5.74, 6) is 0.972. The van der Waals surface area contributed by atoms with Gasteiger partial charge in [0.1, 0.15) is 5.75 Å². The molecule has 1 aromatic carbocycles. The lowest BCUT2D eigenvalue weighted by atomic mass is 10.0. The molecule has 1 nitrogen and oxygen atoms in total. The van der Waals surface area contributed by atoms with E-state index >= 15 is 0 Å². The zero-order chi connectivity index (χ0) is 11.5. The number of hydrogen-bond donors (Lipinski definition) is 0. The van der Waals surface area contributed by atoms with Gasteiger partial charge in [0.15, 0.2) is 0 Å². The minimum absolute atomic E-state index is 0.474. The number of fused-ring (bicyclic) bond motifs is 1. The molecule has 2 rings (SSSR count). The summed E-state index contributed by atoms with van der Waals surface area (Å²) in [6.07, 6.45) is 4.96. The fraction of sp³-hybridized carbons (Fsp3) is 0.538. The highest BCUT2D eigenvalue weighted by Crippen LogP contribution is 2.40. The van der Waals surface area contributed by atoms with Gasteiger partial charge in [-0.3, -0.25) is 0 Å². The van der Waals surface area contributed by atoms with Crippen molar-refractivity contribution in [1.29, 1.82) is 0 Å². The predicted molar refractivity (Wildman–Crippen MR) is 74.5 cm³/mol. The van der Waals surface area contributed by atoms with Crippen LogP contribution < -0.4 is 4.74 Å². The summed E-state index contributed by atoms with van der Waals surface area (Å²) >= 11 is 7.44. The number of rotatable bonds is 2. The lowest BCUT2D eigenvalue weighted by Gasteiger charge is -2.15. The molecule has 0 saturated heterocycles. The van der Waals surface area contributed by atoms with Crippen LogP contribution in [0, 0.1) is 0 Å². The van der Waals surface area contributed by atoms with Crippen LogP contribution in [-0.4, -0.2) is 6.61 Å². The van der Waals surface area contributed by atoms with Gasteiger partial charge in [0.05, 0.1) is 6.61 Å². The van der Waals surface area contributed by atoms with Crippen molar-refractivity contribution in [3.05, 3.63) is 27.7 Å². The Labute approximate surface area is 114 Å². The van der Waals surface area contributed by atoms with E-state index in [2.05, 4.69) is 44.0 Å². The molecule has 3 heteroatoms. The molecular weight excluding hydrogens is 332 g/mol. The van der Waals surface area contributed by atoms with E-state index < -0.39 is 0 Å². The molecule has 16 heavy (non-hydrogen) atoms. The van der Waals surface area contributed by atoms with E-state index in [1.807, 2.05) is 6.92 Å². The van der Waals surface area contributed by atoms with Gasteiger partial charge in [0, 0.05) is 9.30 Å². The molecule has 1 aliphatic carbocycles. The van der Waals surface area contributed by atoms with Gasteiger partial charge in [-0.25, -0.2) is 0 Å². The van der Waals surface area contributed by atoms with Crippen molar-refractivity contribution in [1.82, 2.24) is 0 Å². The molecule has 0 aliphatic heterocycles. The molecule has 0 fully saturated rings. The van der Waals surface area contributed by atoms with Gasteiger partial charge in [0.25, 0.3) is 0 Å². The van der Waals surface area contributed by atoms with Crippen LogP contribution in [0.25, 0.3) is 0 Å². The summed E-state index contributed by atoms with van der Waals surface area (Å²) in [6, 6.07) is 4.28. The molecule has 0 bridgehead atoms. The summed E-state index contributed by atoms with van der Waals surface area (Å²) in [6.45, 7) is 2.74. The maximum absolute atomic E-state index is 5.59. The SMILES string of the molecule is CCOc1cc(Br)c2c(c1)C(Br)CCCC2. The number of ether oxygens (including phenoxy) is 1. The molecule has 0 heterocycles. The van der Waals surface area contributed by atoms with E-state index in [4.69, 9.17) is 4.74 Å². The van der Waals surface area contributed by atoms with Gasteiger partial charge in [-0.1, -0.05) is 38.3 Å². The summed E-state index contributed by atoms with van der Waals surface area (Å²) in [5.41, 5.74) is 2.85. The largest absolute Gasteiger partial charge is 0.494 e. The molecule has 1 unspecified atom stereocenters. The van der Waals surface area contributed by atoms with Crippen molar-refractivity contribution in [3.63, 3.8) is 0 Å². The first-order chi connectivity index (χ1) is 7.72. The summed E-state index contributed by atoms with van der Waals surface area (Å²) < 4.78 is 6.79. The highest BCUT2D eigenvalue weighted by Gasteiger charge is 2.19. The normalized spacial score (nSPS) is 20.1. The van der Waals surface area contributed by atoms with Crippen LogP contribution in [0.1, 0.15) is 42.1 Å². The molecule has 1 atom stereocenters. The molecule has 1 aliphatic rings. The molecule has 0 spiro atoms. The fourth-order valence-electron chi connectivity index (χ4n) is 2.21. The van der Waals surface area contributed by atoms with Crippen molar-refractivity contribution in [2.75, 3.05) is 6.61 Å². The van der Waals surface area contributed by atoms with E-state index in [-0.39, 0.29) is 0 Å². The Morgan fingerprint density at radius 2 is 2.19 bits per heavy atom. The maximum Gasteiger partial charge on any atom is 0.120 e. The molecule has 0 radical (unpaired) electrons. The van der Waals surface area contributed by atoms with E-state index in [9.17, 15) is 0 Å². The van der Waals surface area contributed by atoms with Crippen molar-refractivity contribution < 1.29 is 4.74 Å². The van der Waals surface area contributed by atoms with Gasteiger partial charge >= 0.3 is 0 Å². The van der Waals surface area contributed by atoms with Crippen LogP contribution in [0.3, 0.4) is 0 Å². The first kappa shape index (κ1) is 12.4. The monoisotopic (exact) mass is 346 g/mol. The summed E-state index contributed by atoms with van der Waals surface area (Å²) in [4.78, 5) is 0.474. The fourth-order valence-corrected chi connectivity index (χ4v) is 3.59. The maximum atomic E-state index is 5.59. The van der Waals surface area contributed by atoms with Crippen LogP contribution in [0.4, 0.5) is 0 Å². The zero-order valence-electron chi connectivity index (χ0n) is 9.43. The Morgan fingerprint density at radius 3 is 2.94 bits per heavy atom. The van der Waals surface area contributed by atoms with E-state index in [1.165, 1.54) is 41.3 Å². The predicted octanol–water partition coefficient (Wildman–Crippen LogP) is 5.01. The van der Waals surface area contributed by atoms with Gasteiger partial charge in [-0.05, 0) is 49.4 Å². The lowest BCUT2D eigenvalue weighted by molar-refractivity contribution is 0.339. The second-order valence-electron chi connectivity index (χ2n) is 4.12. The van der Waals surface area contributed by atoms with Crippen molar-refractivity contribution in [2.45, 2.75) is 37.4 Å². The third kappa shape index (κ3) is 2.62. The van der Waals surface area contributed by atoms with Gasteiger partial charge < -0.3 is 4.74 Å². The van der Waals surface area contributed by atoms with Crippen LogP contribution in [0.2, 0.25) is 0 Å². The average molecular weight is 348 g/mol. The first-order valence-electron chi connectivity index (χ1n) is 5.81. The average Bonchev–Trinajstić information content (AvgIpc) is 2.43. The zero-order valence-corrected chi connectivity index (χ0v) is 12.6. The van der Waals surface area contributed by atoms with Crippen LogP contribution in [0.5, 0.6) is 5.75 Å². The molecule has 0 N–H and O–H groups in total. The Hall–Kier alpha value is -0.0200. The third-order valence-electron chi connectivity index (χ3n) is 2.99. The Kier molecular flexibility index (Phi) is 4.31. The summed E-state index contributed by atoms with van der Waals surface area (Å²) in [5, 5.41) is 0. The molecule has 88 valence electrons. The second kappa shape index (κ2) is 5.54. The Bertz CT molecular complexity index is 376. The van der Waals surface area contributed by atoms with E-state index in [1.54, 1.807) is 0 Å². The second-order valence-corrected chi connectivity index (χ2v) is 6.08. The van der Waals surface area contributed by atoms with Gasteiger partial charge in [0.2, 0.25) is 0 Å². The molecule has 0 amide bonds. The van der Waals surface area contributed by atoms with Crippen molar-refractivity contribution >= 4 is 31.9 Å². The lowest BCUT2D eigenvalue weighted by Crippen LogP contribution is -1.98. The third-order valence-corrected chi connectivity index (χ3v) is 4.64. The van der Waals surface area contributed by atoms with Crippen LogP contribution in [-0.2, 0) is 6.42 Å². The Balaban J connectivity index is 2.42. The minimum Gasteiger partial charge on any atom is -0.494 e. The molecule has 0 aromatic heterocycles. The first-order valence-corrected chi connectivity index (χ1v) is 7.52. The van der Waals surface area contributed by atoms with Crippen LogP contribution >= 0.6 is 31.9 Å². The minimum atomic E-state index is 0.474. The number of hydrogen-bond acceptors (Lipinski definition) is 1. The van der Waals surface area contributed by atoms with Gasteiger partial charge in [-0.15, -0.1) is 0 Å². The number of benzene rings is 1. The smallest absolute Gasteiger partial charge is 0.120 e. The van der Waals surface area contributed by atoms with Crippen molar-refractivity contribution in [2.24, 2.45) is 0 Å². The molecule has 0 saturated carbocycles. The van der Waals surface area contributed by atoms with Gasteiger partial charge in [-0.2, -0.15) is 0 Å². The topological polar surface area (TPSA) is 9.23 Å². The quantitative estimate of drug-likeness (QED) is 0.539. The number of halogens is 2.